The average molecular weight is 950 g/mol. The lowest BCUT2D eigenvalue weighted by Gasteiger charge is -2.21. The Labute approximate surface area is 379 Å². The summed E-state index contributed by atoms with van der Waals surface area (Å²) in [5.74, 6) is -1.31. The third-order valence-corrected chi connectivity index (χ3v) is 13.1. The predicted molar refractivity (Wildman–Crippen MR) is 243 cm³/mol. The molecule has 0 amide bonds. The number of ether oxygens (including phenoxy) is 3. The van der Waals surface area contributed by atoms with Crippen LogP contribution in [0.2, 0.25) is 0 Å². The minimum Gasteiger partial charge on any atom is -0.462 e. The Balaban J connectivity index is 1.84. The van der Waals surface area contributed by atoms with Crippen molar-refractivity contribution in [3.63, 3.8) is 0 Å². The van der Waals surface area contributed by atoms with Crippen molar-refractivity contribution >= 4 is 33.4 Å². The Morgan fingerprint density at radius 3 is 1.75 bits per heavy atom. The first kappa shape index (κ1) is 57.4. The second-order valence-corrected chi connectivity index (χ2v) is 19.3. The van der Waals surface area contributed by atoms with Crippen molar-refractivity contribution in [2.24, 2.45) is 0 Å². The van der Waals surface area contributed by atoms with Gasteiger partial charge in [-0.3, -0.25) is 23.2 Å². The number of carbonyl (C=O) groups is 2. The zero-order valence-corrected chi connectivity index (χ0v) is 39.9. The van der Waals surface area contributed by atoms with Crippen LogP contribution in [0.1, 0.15) is 174 Å². The number of allylic oxidation sites excluding steroid dienone is 4. The molecule has 0 aromatic carbocycles. The lowest BCUT2D eigenvalue weighted by Crippen LogP contribution is -2.36. The van der Waals surface area contributed by atoms with E-state index in [4.69, 9.17) is 29.0 Å². The average Bonchev–Trinajstić information content (AvgIpc) is 3.52. The molecule has 2 heterocycles. The fraction of sp³-hybridized carbons (Fsp3) is 0.773. The Morgan fingerprint density at radius 2 is 1.22 bits per heavy atom. The highest BCUT2D eigenvalue weighted by Gasteiger charge is 2.46. The number of carbonyl (C=O) groups excluding carboxylic acids is 2. The topological polar surface area (TPSA) is 265 Å². The van der Waals surface area contributed by atoms with Gasteiger partial charge in [-0.15, -0.1) is 0 Å². The molecule has 0 saturated carbocycles. The number of rotatable bonds is 38. The fourth-order valence-corrected chi connectivity index (χ4v) is 8.94. The summed E-state index contributed by atoms with van der Waals surface area (Å²) in [4.78, 5) is 61.7. The number of aliphatic hydroxyl groups excluding tert-OH is 2. The molecule has 7 atom stereocenters. The molecule has 18 nitrogen and oxygen atoms in total. The molecule has 1 fully saturated rings. The van der Waals surface area contributed by atoms with Crippen LogP contribution < -0.4 is 11.4 Å². The minimum absolute atomic E-state index is 0.0396. The molecule has 0 radical (unpaired) electrons. The van der Waals surface area contributed by atoms with Crippen molar-refractivity contribution in [3.8, 4) is 0 Å². The van der Waals surface area contributed by atoms with Crippen LogP contribution >= 0.6 is 15.6 Å². The number of phosphoric acid groups is 2. The van der Waals surface area contributed by atoms with Crippen molar-refractivity contribution in [3.05, 3.63) is 47.1 Å². The van der Waals surface area contributed by atoms with Crippen molar-refractivity contribution in [2.75, 3.05) is 25.6 Å². The number of aliphatic hydroxyl groups is 2. The first-order valence-corrected chi connectivity index (χ1v) is 26.3. The van der Waals surface area contributed by atoms with Gasteiger partial charge in [-0.25, -0.2) is 13.9 Å². The normalized spacial score (nSPS) is 20.1. The van der Waals surface area contributed by atoms with Crippen molar-refractivity contribution in [1.29, 1.82) is 0 Å². The van der Waals surface area contributed by atoms with Gasteiger partial charge in [-0.05, 0) is 70.3 Å². The van der Waals surface area contributed by atoms with E-state index < -0.39 is 83.7 Å². The number of esters is 2. The lowest BCUT2D eigenvalue weighted by atomic mass is 10.1. The SMILES string of the molecule is CCCCCCC=CCCCCCCCC(=O)OCC(COP(=O)(O)OP(=O)(O)OCC1OC(n2ccc(N)nc2=O)C(O)C1O)OC(=O)CCCCCCCC=CCCCCCC. The Bertz CT molecular complexity index is 1660. The maximum absolute atomic E-state index is 12.8. The molecule has 1 aromatic rings. The maximum atomic E-state index is 12.8. The summed E-state index contributed by atoms with van der Waals surface area (Å²) in [5, 5.41) is 20.9. The third-order valence-electron chi connectivity index (χ3n) is 10.5. The van der Waals surface area contributed by atoms with Crippen LogP contribution in [0.25, 0.3) is 0 Å². The van der Waals surface area contributed by atoms with Gasteiger partial charge < -0.3 is 39.9 Å². The second kappa shape index (κ2) is 33.7. The monoisotopic (exact) mass is 949 g/mol. The zero-order valence-electron chi connectivity index (χ0n) is 38.1. The number of aromatic nitrogens is 2. The van der Waals surface area contributed by atoms with Crippen molar-refractivity contribution < 1.29 is 66.3 Å². The first-order valence-electron chi connectivity index (χ1n) is 23.3. The third kappa shape index (κ3) is 26.4. The van der Waals surface area contributed by atoms with Crippen LogP contribution in [0.3, 0.4) is 0 Å². The molecule has 1 saturated heterocycles. The molecular formula is C44H77N3O15P2. The van der Waals surface area contributed by atoms with E-state index in [1.54, 1.807) is 0 Å². The number of phosphoric ester groups is 2. The number of nitrogens with zero attached hydrogens (tertiary/aromatic N) is 2. The van der Waals surface area contributed by atoms with Crippen LogP contribution in [0, 0.1) is 0 Å². The largest absolute Gasteiger partial charge is 0.481 e. The number of hydrogen-bond donors (Lipinski definition) is 5. The summed E-state index contributed by atoms with van der Waals surface area (Å²) in [6.07, 6.45) is 25.6. The predicted octanol–water partition coefficient (Wildman–Crippen LogP) is 8.66. The molecule has 1 aliphatic rings. The van der Waals surface area contributed by atoms with E-state index >= 15 is 0 Å². The molecule has 0 bridgehead atoms. The van der Waals surface area contributed by atoms with E-state index in [-0.39, 0.29) is 18.7 Å². The molecule has 1 aromatic heterocycles. The van der Waals surface area contributed by atoms with Gasteiger partial charge in [0.1, 0.15) is 30.7 Å². The molecule has 1 aliphatic heterocycles. The molecule has 7 unspecified atom stereocenters. The van der Waals surface area contributed by atoms with E-state index in [1.807, 2.05) is 0 Å². The smallest absolute Gasteiger partial charge is 0.462 e. The Morgan fingerprint density at radius 1 is 0.734 bits per heavy atom. The molecule has 20 heteroatoms. The molecule has 368 valence electrons. The number of unbranched alkanes of at least 4 members (excludes halogenated alkanes) is 18. The Kier molecular flexibility index (Phi) is 30.2. The van der Waals surface area contributed by atoms with Gasteiger partial charge >= 0.3 is 33.3 Å². The molecule has 64 heavy (non-hydrogen) atoms. The highest BCUT2D eigenvalue weighted by Crippen LogP contribution is 2.60. The van der Waals surface area contributed by atoms with Crippen LogP contribution in [0.5, 0.6) is 0 Å². The second-order valence-electron chi connectivity index (χ2n) is 16.2. The van der Waals surface area contributed by atoms with E-state index in [0.717, 1.165) is 87.8 Å². The van der Waals surface area contributed by atoms with Gasteiger partial charge in [-0.2, -0.15) is 9.29 Å². The van der Waals surface area contributed by atoms with E-state index in [0.29, 0.717) is 12.8 Å². The van der Waals surface area contributed by atoms with E-state index in [1.165, 1.54) is 57.4 Å². The Hall–Kier alpha value is -2.76. The molecule has 0 aliphatic carbocycles. The number of anilines is 1. The van der Waals surface area contributed by atoms with Crippen molar-refractivity contribution in [2.45, 2.75) is 199 Å². The summed E-state index contributed by atoms with van der Waals surface area (Å²) in [7, 11) is -10.8. The first-order chi connectivity index (χ1) is 30.7. The molecule has 6 N–H and O–H groups in total. The van der Waals surface area contributed by atoms with E-state index in [2.05, 4.69) is 47.4 Å². The van der Waals surface area contributed by atoms with Gasteiger partial charge in [0.25, 0.3) is 0 Å². The highest BCUT2D eigenvalue weighted by molar-refractivity contribution is 7.61. The van der Waals surface area contributed by atoms with Gasteiger partial charge in [0.2, 0.25) is 0 Å². The molecule has 2 rings (SSSR count). The minimum atomic E-state index is -5.42. The highest BCUT2D eigenvalue weighted by atomic mass is 31.3. The fourth-order valence-electron chi connectivity index (χ4n) is 6.83. The summed E-state index contributed by atoms with van der Waals surface area (Å²) >= 11 is 0. The molecule has 0 spiro atoms. The standard InChI is InChI=1S/C44H77N3O15P2/c1-3-5-7-9-11-13-15-17-19-21-23-25-27-29-39(48)57-33-36(60-40(49)30-28-26-24-22-20-18-16-14-12-10-8-6-4-2)34-58-63(53,54)62-64(55,56)59-35-37-41(50)42(51)43(61-37)47-32-31-38(45)46-44(47)52/h13-16,31-32,36-37,41-43,50-51H,3-12,17-30,33-35H2,1-2H3,(H,53,54)(H,55,56)(H2,45,46,52). The lowest BCUT2D eigenvalue weighted by molar-refractivity contribution is -0.161. The van der Waals surface area contributed by atoms with Crippen LogP contribution in [-0.4, -0.2) is 85.7 Å². The zero-order chi connectivity index (χ0) is 47.1. The van der Waals surface area contributed by atoms with Gasteiger partial charge in [0, 0.05) is 19.0 Å². The van der Waals surface area contributed by atoms with Crippen LogP contribution in [-0.2, 0) is 46.3 Å². The van der Waals surface area contributed by atoms with Gasteiger partial charge in [0.05, 0.1) is 13.2 Å². The maximum Gasteiger partial charge on any atom is 0.481 e. The number of nitrogens with two attached hydrogens (primary N) is 1. The quantitative estimate of drug-likeness (QED) is 0.0180. The summed E-state index contributed by atoms with van der Waals surface area (Å²) in [5.41, 5.74) is 4.58. The summed E-state index contributed by atoms with van der Waals surface area (Å²) < 4.78 is 56.6. The summed E-state index contributed by atoms with van der Waals surface area (Å²) in [6, 6.07) is 1.25. The molecular weight excluding hydrogens is 872 g/mol. The number of hydrogen-bond acceptors (Lipinski definition) is 15. The van der Waals surface area contributed by atoms with Crippen LogP contribution in [0.15, 0.2) is 41.4 Å². The van der Waals surface area contributed by atoms with E-state index in [9.17, 15) is 43.5 Å². The van der Waals surface area contributed by atoms with Gasteiger partial charge in [-0.1, -0.05) is 115 Å². The van der Waals surface area contributed by atoms with Crippen molar-refractivity contribution in [1.82, 2.24) is 9.55 Å². The number of nitrogen functional groups attached to an aromatic ring is 1. The summed E-state index contributed by atoms with van der Waals surface area (Å²) in [6.45, 7) is 2.09. The van der Waals surface area contributed by atoms with Crippen LogP contribution in [0.4, 0.5) is 5.82 Å². The van der Waals surface area contributed by atoms with Gasteiger partial charge in [0.15, 0.2) is 12.3 Å².